The molecule has 5 nitrogen and oxygen atoms in total. The fourth-order valence-electron chi connectivity index (χ4n) is 4.76. The van der Waals surface area contributed by atoms with Gasteiger partial charge in [-0.1, -0.05) is 60.7 Å². The molecule has 3 aromatic carbocycles. The van der Waals surface area contributed by atoms with E-state index in [-0.39, 0.29) is 23.7 Å². The van der Waals surface area contributed by atoms with Gasteiger partial charge >= 0.3 is 0 Å². The van der Waals surface area contributed by atoms with E-state index in [0.29, 0.717) is 12.1 Å². The van der Waals surface area contributed by atoms with E-state index in [1.54, 1.807) is 6.07 Å². The van der Waals surface area contributed by atoms with Gasteiger partial charge in [0.05, 0.1) is 23.6 Å². The number of amides is 1. The van der Waals surface area contributed by atoms with Crippen molar-refractivity contribution < 1.29 is 9.18 Å². The van der Waals surface area contributed by atoms with Crippen LogP contribution >= 0.6 is 0 Å². The molecule has 1 aliphatic rings. The van der Waals surface area contributed by atoms with E-state index in [1.165, 1.54) is 6.07 Å². The summed E-state index contributed by atoms with van der Waals surface area (Å²) in [6.45, 7) is 3.90. The number of halogens is 1. The normalized spacial score (nSPS) is 15.4. The van der Waals surface area contributed by atoms with Gasteiger partial charge in [0.25, 0.3) is 0 Å². The van der Waals surface area contributed by atoms with E-state index in [9.17, 15) is 9.18 Å². The van der Waals surface area contributed by atoms with Gasteiger partial charge in [-0.15, -0.1) is 0 Å². The second kappa shape index (κ2) is 9.67. The number of piperidine rings is 1. The molecule has 1 fully saturated rings. The Morgan fingerprint density at radius 1 is 1.00 bits per heavy atom. The zero-order valence-electron chi connectivity index (χ0n) is 19.3. The van der Waals surface area contributed by atoms with Crippen molar-refractivity contribution in [2.75, 3.05) is 18.0 Å². The van der Waals surface area contributed by atoms with Gasteiger partial charge in [0.1, 0.15) is 5.82 Å². The predicted octanol–water partition coefficient (Wildman–Crippen LogP) is 5.32. The molecule has 4 aromatic rings. The van der Waals surface area contributed by atoms with Crippen molar-refractivity contribution in [3.63, 3.8) is 0 Å². The minimum Gasteiger partial charge on any atom is -0.349 e. The molecular weight excluding hydrogens is 427 g/mol. The van der Waals surface area contributed by atoms with E-state index < -0.39 is 0 Å². The van der Waals surface area contributed by atoms with Crippen molar-refractivity contribution in [1.29, 1.82) is 0 Å². The standard InChI is InChI=1S/C28H29FN4O/c1-20(21-9-3-2-4-10-21)30-27(34)22-15-17-32(18-16-22)28-31-25-13-7-8-14-26(25)33(28)19-23-11-5-6-12-24(23)29/h2-14,20,22H,15-19H2,1H3,(H,30,34)/t20-/m0/s1. The molecule has 2 heterocycles. The molecule has 0 aliphatic carbocycles. The summed E-state index contributed by atoms with van der Waals surface area (Å²) in [6, 6.07) is 24.9. The lowest BCUT2D eigenvalue weighted by molar-refractivity contribution is -0.126. The second-order valence-electron chi connectivity index (χ2n) is 8.98. The molecule has 34 heavy (non-hydrogen) atoms. The Balaban J connectivity index is 1.31. The van der Waals surface area contributed by atoms with Crippen molar-refractivity contribution in [3.05, 3.63) is 95.8 Å². The predicted molar refractivity (Wildman–Crippen MR) is 133 cm³/mol. The molecular formula is C28H29FN4O. The Morgan fingerprint density at radius 2 is 1.68 bits per heavy atom. The van der Waals surface area contributed by atoms with E-state index in [2.05, 4.69) is 14.8 Å². The molecule has 1 atom stereocenters. The highest BCUT2D eigenvalue weighted by Gasteiger charge is 2.28. The molecule has 0 spiro atoms. The average Bonchev–Trinajstić information content (AvgIpc) is 3.24. The summed E-state index contributed by atoms with van der Waals surface area (Å²) in [7, 11) is 0. The van der Waals surface area contributed by atoms with Crippen molar-refractivity contribution in [3.8, 4) is 0 Å². The Kier molecular flexibility index (Phi) is 6.30. The third-order valence-electron chi connectivity index (χ3n) is 6.73. The zero-order valence-corrected chi connectivity index (χ0v) is 19.3. The SMILES string of the molecule is C[C@H](NC(=O)C1CCN(c2nc3ccccc3n2Cc2ccccc2F)CC1)c1ccccc1. The highest BCUT2D eigenvalue weighted by atomic mass is 19.1. The Labute approximate surface area is 199 Å². The first-order valence-corrected chi connectivity index (χ1v) is 11.9. The van der Waals surface area contributed by atoms with Gasteiger partial charge in [-0.3, -0.25) is 4.79 Å². The highest BCUT2D eigenvalue weighted by molar-refractivity contribution is 5.80. The molecule has 174 valence electrons. The number of rotatable bonds is 6. The van der Waals surface area contributed by atoms with Crippen LogP contribution in [0.5, 0.6) is 0 Å². The van der Waals surface area contributed by atoms with Gasteiger partial charge in [0, 0.05) is 24.6 Å². The number of para-hydroxylation sites is 2. The topological polar surface area (TPSA) is 50.2 Å². The molecule has 0 radical (unpaired) electrons. The molecule has 1 amide bonds. The quantitative estimate of drug-likeness (QED) is 0.427. The van der Waals surface area contributed by atoms with Crippen LogP contribution in [0, 0.1) is 11.7 Å². The van der Waals surface area contributed by atoms with Crippen LogP contribution in [0.3, 0.4) is 0 Å². The van der Waals surface area contributed by atoms with E-state index in [4.69, 9.17) is 4.98 Å². The lowest BCUT2D eigenvalue weighted by Crippen LogP contribution is -2.42. The lowest BCUT2D eigenvalue weighted by Gasteiger charge is -2.33. The number of fused-ring (bicyclic) bond motifs is 1. The van der Waals surface area contributed by atoms with Gasteiger partial charge in [0.2, 0.25) is 11.9 Å². The maximum Gasteiger partial charge on any atom is 0.223 e. The van der Waals surface area contributed by atoms with Crippen LogP contribution < -0.4 is 10.2 Å². The number of imidazole rings is 1. The van der Waals surface area contributed by atoms with Crippen LogP contribution in [0.1, 0.15) is 36.9 Å². The smallest absolute Gasteiger partial charge is 0.223 e. The van der Waals surface area contributed by atoms with Crippen LogP contribution in [0.2, 0.25) is 0 Å². The molecule has 1 N–H and O–H groups in total. The fraction of sp³-hybridized carbons (Fsp3) is 0.286. The number of hydrogen-bond donors (Lipinski definition) is 1. The number of carbonyl (C=O) groups excluding carboxylic acids is 1. The first-order chi connectivity index (χ1) is 16.6. The summed E-state index contributed by atoms with van der Waals surface area (Å²) in [5.41, 5.74) is 3.62. The van der Waals surface area contributed by atoms with Gasteiger partial charge < -0.3 is 14.8 Å². The van der Waals surface area contributed by atoms with Crippen molar-refractivity contribution in [2.45, 2.75) is 32.4 Å². The van der Waals surface area contributed by atoms with Crippen molar-refractivity contribution >= 4 is 22.9 Å². The van der Waals surface area contributed by atoms with E-state index in [0.717, 1.165) is 48.5 Å². The van der Waals surface area contributed by atoms with Crippen molar-refractivity contribution in [2.24, 2.45) is 5.92 Å². The van der Waals surface area contributed by atoms with Crippen LogP contribution in [-0.4, -0.2) is 28.5 Å². The highest BCUT2D eigenvalue weighted by Crippen LogP contribution is 2.28. The number of carbonyl (C=O) groups is 1. The summed E-state index contributed by atoms with van der Waals surface area (Å²) < 4.78 is 16.5. The number of hydrogen-bond acceptors (Lipinski definition) is 3. The Hall–Kier alpha value is -3.67. The Morgan fingerprint density at radius 3 is 2.44 bits per heavy atom. The minimum atomic E-state index is -0.214. The summed E-state index contributed by atoms with van der Waals surface area (Å²) in [4.78, 5) is 20.0. The van der Waals surface area contributed by atoms with Gasteiger partial charge in [-0.05, 0) is 43.5 Å². The van der Waals surface area contributed by atoms with Crippen LogP contribution in [0.15, 0.2) is 78.9 Å². The molecule has 0 bridgehead atoms. The number of anilines is 1. The second-order valence-corrected chi connectivity index (χ2v) is 8.98. The molecule has 1 saturated heterocycles. The van der Waals surface area contributed by atoms with E-state index >= 15 is 0 Å². The van der Waals surface area contributed by atoms with Gasteiger partial charge in [-0.2, -0.15) is 0 Å². The molecule has 1 aromatic heterocycles. The maximum absolute atomic E-state index is 14.4. The van der Waals surface area contributed by atoms with Crippen LogP contribution in [0.4, 0.5) is 10.3 Å². The fourth-order valence-corrected chi connectivity index (χ4v) is 4.76. The minimum absolute atomic E-state index is 0.0169. The molecule has 0 saturated carbocycles. The summed E-state index contributed by atoms with van der Waals surface area (Å²) in [6.07, 6.45) is 1.52. The van der Waals surface area contributed by atoms with Gasteiger partial charge in [-0.25, -0.2) is 9.37 Å². The number of nitrogens with zero attached hydrogens (tertiary/aromatic N) is 3. The number of aromatic nitrogens is 2. The molecule has 0 unspecified atom stereocenters. The average molecular weight is 457 g/mol. The largest absolute Gasteiger partial charge is 0.349 e. The molecule has 1 aliphatic heterocycles. The third kappa shape index (κ3) is 4.53. The first-order valence-electron chi connectivity index (χ1n) is 11.9. The maximum atomic E-state index is 14.4. The number of benzene rings is 3. The third-order valence-corrected chi connectivity index (χ3v) is 6.73. The Bertz CT molecular complexity index is 1280. The molecule has 6 heteroatoms. The summed E-state index contributed by atoms with van der Waals surface area (Å²) >= 11 is 0. The zero-order chi connectivity index (χ0) is 23.5. The summed E-state index contributed by atoms with van der Waals surface area (Å²) in [5, 5.41) is 3.17. The lowest BCUT2D eigenvalue weighted by atomic mass is 9.95. The first kappa shape index (κ1) is 22.1. The van der Waals surface area contributed by atoms with Gasteiger partial charge in [0.15, 0.2) is 0 Å². The van der Waals surface area contributed by atoms with Crippen molar-refractivity contribution in [1.82, 2.24) is 14.9 Å². The van der Waals surface area contributed by atoms with Crippen LogP contribution in [-0.2, 0) is 11.3 Å². The van der Waals surface area contributed by atoms with E-state index in [1.807, 2.05) is 73.7 Å². The summed E-state index contributed by atoms with van der Waals surface area (Å²) in [5.74, 6) is 0.706. The number of nitrogens with one attached hydrogen (secondary N) is 1. The monoisotopic (exact) mass is 456 g/mol. The van der Waals surface area contributed by atoms with Crippen LogP contribution in [0.25, 0.3) is 11.0 Å². The molecule has 5 rings (SSSR count).